The van der Waals surface area contributed by atoms with Gasteiger partial charge in [0.1, 0.15) is 28.2 Å². The van der Waals surface area contributed by atoms with Crippen molar-refractivity contribution in [3.63, 3.8) is 0 Å². The fourth-order valence-electron chi connectivity index (χ4n) is 4.85. The fraction of sp³-hybridized carbons (Fsp3) is 0.167. The monoisotopic (exact) mass is 383 g/mol. The van der Waals surface area contributed by atoms with Crippen molar-refractivity contribution in [1.82, 2.24) is 0 Å². The second-order valence-electron chi connectivity index (χ2n) is 7.81. The van der Waals surface area contributed by atoms with Gasteiger partial charge < -0.3 is 0 Å². The molecule has 0 aliphatic heterocycles. The lowest BCUT2D eigenvalue weighted by molar-refractivity contribution is -0.668. The molecule has 0 aromatic carbocycles. The summed E-state index contributed by atoms with van der Waals surface area (Å²) in [5, 5.41) is 0. The van der Waals surface area contributed by atoms with Crippen LogP contribution >= 0.6 is 0 Å². The average molecular weight is 383 g/mol. The van der Waals surface area contributed by atoms with Gasteiger partial charge in [0.15, 0.2) is 24.8 Å². The lowest BCUT2D eigenvalue weighted by Gasteiger charge is -2.30. The Morgan fingerprint density at radius 2 is 0.655 bits per heavy atom. The van der Waals surface area contributed by atoms with Crippen molar-refractivity contribution < 1.29 is 18.3 Å². The molecule has 144 valence electrons. The molecule has 0 atom stereocenters. The molecule has 0 saturated carbocycles. The smallest absolute Gasteiger partial charge is 0.240 e. The van der Waals surface area contributed by atoms with Crippen LogP contribution in [0.3, 0.4) is 0 Å². The van der Waals surface area contributed by atoms with E-state index in [1.165, 1.54) is 22.4 Å². The minimum Gasteiger partial charge on any atom is -0.240 e. The summed E-state index contributed by atoms with van der Waals surface area (Å²) in [4.78, 5) is 0. The number of aryl methyl sites for hydroxylation is 4. The summed E-state index contributed by atoms with van der Waals surface area (Å²) >= 11 is 0. The molecule has 4 aromatic heterocycles. The van der Waals surface area contributed by atoms with E-state index in [0.29, 0.717) is 0 Å². The molecule has 4 aromatic rings. The normalized spacial score (nSPS) is 11.4. The quantitative estimate of drug-likeness (QED) is 0.297. The third-order valence-electron chi connectivity index (χ3n) is 6.15. The maximum Gasteiger partial charge on any atom is 0.385 e. The van der Waals surface area contributed by atoms with Crippen molar-refractivity contribution in [1.29, 1.82) is 0 Å². The molecule has 5 heteroatoms. The van der Waals surface area contributed by atoms with E-state index in [1.807, 2.05) is 0 Å². The summed E-state index contributed by atoms with van der Waals surface area (Å²) in [6.45, 7) is 0. The van der Waals surface area contributed by atoms with Crippen molar-refractivity contribution in [2.24, 2.45) is 28.2 Å². The van der Waals surface area contributed by atoms with Crippen LogP contribution in [0.2, 0.25) is 0 Å². The van der Waals surface area contributed by atoms with Gasteiger partial charge in [0, 0.05) is 46.6 Å². The number of nitrogens with zero attached hydrogens (tertiary/aromatic N) is 4. The zero-order valence-corrected chi connectivity index (χ0v) is 17.6. The van der Waals surface area contributed by atoms with E-state index in [4.69, 9.17) is 0 Å². The number of hydrogen-bond donors (Lipinski definition) is 0. The van der Waals surface area contributed by atoms with E-state index in [-0.39, 0.29) is 0 Å². The zero-order chi connectivity index (χ0) is 20.4. The Kier molecular flexibility index (Phi) is 4.97. The first kappa shape index (κ1) is 19.0. The van der Waals surface area contributed by atoms with E-state index < -0.39 is 6.15 Å². The van der Waals surface area contributed by atoms with Crippen molar-refractivity contribution in [3.05, 3.63) is 97.6 Å². The largest absolute Gasteiger partial charge is 0.385 e. The molecule has 0 unspecified atom stereocenters. The first-order valence-corrected chi connectivity index (χ1v) is 10.0. The Bertz CT molecular complexity index is 985. The Morgan fingerprint density at radius 1 is 0.414 bits per heavy atom. The summed E-state index contributed by atoms with van der Waals surface area (Å²) in [5.41, 5.74) is 5.05. The van der Waals surface area contributed by atoms with E-state index in [1.54, 1.807) is 0 Å². The van der Waals surface area contributed by atoms with E-state index >= 15 is 0 Å². The first-order valence-electron chi connectivity index (χ1n) is 10.0. The van der Waals surface area contributed by atoms with Crippen molar-refractivity contribution >= 4 is 28.5 Å². The van der Waals surface area contributed by atoms with Gasteiger partial charge in [-0.25, -0.2) is 18.3 Å². The third-order valence-corrected chi connectivity index (χ3v) is 6.15. The van der Waals surface area contributed by atoms with Crippen LogP contribution < -0.4 is 40.6 Å². The molecule has 29 heavy (non-hydrogen) atoms. The van der Waals surface area contributed by atoms with Crippen molar-refractivity contribution in [3.8, 4) is 0 Å². The molecule has 4 heterocycles. The molecular weight excluding hydrogens is 355 g/mol. The molecule has 0 bridgehead atoms. The van der Waals surface area contributed by atoms with Crippen molar-refractivity contribution in [2.75, 3.05) is 0 Å². The predicted octanol–water partition coefficient (Wildman–Crippen LogP) is -1.64. The third kappa shape index (κ3) is 3.03. The Morgan fingerprint density at radius 3 is 0.862 bits per heavy atom. The second kappa shape index (κ2) is 7.59. The van der Waals surface area contributed by atoms with Crippen LogP contribution in [0.5, 0.6) is 0 Å². The van der Waals surface area contributed by atoms with Gasteiger partial charge in [0.25, 0.3) is 0 Å². The number of hydrogen-bond acceptors (Lipinski definition) is 0. The van der Waals surface area contributed by atoms with Crippen LogP contribution in [0.4, 0.5) is 0 Å². The standard InChI is InChI=1S/C24H28BN4/c1-26-17-9-5-13-21(26)25(22-14-6-10-18-27(22)2,23-15-7-11-19-28(23)3)24-16-8-12-20-29(24)4/h5-20H,1-4H3/q+3. The predicted molar refractivity (Wildman–Crippen MR) is 115 cm³/mol. The summed E-state index contributed by atoms with van der Waals surface area (Å²) < 4.78 is 9.03. The van der Waals surface area contributed by atoms with Gasteiger partial charge in [0.05, 0.1) is 0 Å². The lowest BCUT2D eigenvalue weighted by atomic mass is 9.17. The van der Waals surface area contributed by atoms with E-state index in [0.717, 1.165) is 0 Å². The van der Waals surface area contributed by atoms with E-state index in [2.05, 4.69) is 144 Å². The molecule has 0 amide bonds. The SMILES string of the molecule is C[n+]1ccccc1[B-](c1cccc[n+]1C)(c1cccc[n+]1C)c1cccc[n+]1C. The zero-order valence-electron chi connectivity index (χ0n) is 17.6. The molecule has 0 fully saturated rings. The van der Waals surface area contributed by atoms with Crippen LogP contribution in [0.15, 0.2) is 97.6 Å². The molecule has 0 radical (unpaired) electrons. The Hall–Kier alpha value is -3.34. The van der Waals surface area contributed by atoms with Gasteiger partial charge in [-0.2, -0.15) is 0 Å². The summed E-state index contributed by atoms with van der Waals surface area (Å²) in [5.74, 6) is 0. The molecule has 0 aliphatic rings. The van der Waals surface area contributed by atoms with Crippen LogP contribution in [-0.4, -0.2) is 6.15 Å². The van der Waals surface area contributed by atoms with Crippen LogP contribution in [0.1, 0.15) is 0 Å². The van der Waals surface area contributed by atoms with Gasteiger partial charge in [-0.1, -0.05) is 24.3 Å². The van der Waals surface area contributed by atoms with Gasteiger partial charge in [0.2, 0.25) is 0 Å². The van der Waals surface area contributed by atoms with Crippen molar-refractivity contribution in [2.45, 2.75) is 0 Å². The van der Waals surface area contributed by atoms with Crippen LogP contribution in [-0.2, 0) is 28.2 Å². The molecule has 0 aliphatic carbocycles. The molecule has 4 nitrogen and oxygen atoms in total. The fourth-order valence-corrected chi connectivity index (χ4v) is 4.85. The Balaban J connectivity index is 2.28. The topological polar surface area (TPSA) is 15.5 Å². The Labute approximate surface area is 172 Å². The van der Waals surface area contributed by atoms with Gasteiger partial charge in [-0.05, 0) is 24.3 Å². The molecular formula is C24H28BN4+3. The van der Waals surface area contributed by atoms with Crippen LogP contribution in [0, 0.1) is 0 Å². The number of pyridine rings is 4. The molecule has 0 spiro atoms. The first-order chi connectivity index (χ1) is 14.1. The summed E-state index contributed by atoms with van der Waals surface area (Å²) in [6, 6.07) is 25.9. The van der Waals surface area contributed by atoms with Gasteiger partial charge in [-0.15, -0.1) is 0 Å². The van der Waals surface area contributed by atoms with Gasteiger partial charge in [-0.3, -0.25) is 0 Å². The molecule has 0 saturated heterocycles. The van der Waals surface area contributed by atoms with Crippen LogP contribution in [0.25, 0.3) is 0 Å². The summed E-state index contributed by atoms with van der Waals surface area (Å²) in [7, 11) is 8.56. The highest BCUT2D eigenvalue weighted by atomic mass is 15.0. The minimum absolute atomic E-state index is 1.26. The van der Waals surface area contributed by atoms with Gasteiger partial charge >= 0.3 is 6.15 Å². The maximum absolute atomic E-state index is 2.26. The highest BCUT2D eigenvalue weighted by Crippen LogP contribution is 2.01. The average Bonchev–Trinajstić information content (AvgIpc) is 2.73. The highest BCUT2D eigenvalue weighted by Gasteiger charge is 2.55. The highest BCUT2D eigenvalue weighted by molar-refractivity contribution is 7.17. The number of rotatable bonds is 4. The minimum atomic E-state index is -1.47. The molecule has 4 rings (SSSR count). The maximum atomic E-state index is 2.26. The van der Waals surface area contributed by atoms with E-state index in [9.17, 15) is 0 Å². The molecule has 0 N–H and O–H groups in total. The second-order valence-corrected chi connectivity index (χ2v) is 7.81. The number of aromatic nitrogens is 4. The summed E-state index contributed by atoms with van der Waals surface area (Å²) in [6.07, 6.45) is 7.09. The lowest BCUT2D eigenvalue weighted by Crippen LogP contribution is -2.92.